The first-order chi connectivity index (χ1) is 9.47. The van der Waals surface area contributed by atoms with E-state index in [1.165, 1.54) is 26.4 Å². The summed E-state index contributed by atoms with van der Waals surface area (Å²) in [5.41, 5.74) is -1.92. The summed E-state index contributed by atoms with van der Waals surface area (Å²) in [7, 11) is 2.82. The number of aromatic amines is 1. The van der Waals surface area contributed by atoms with Crippen LogP contribution in [0.15, 0.2) is 27.8 Å². The molecule has 2 aromatic rings. The van der Waals surface area contributed by atoms with Crippen LogP contribution < -0.4 is 20.7 Å². The number of H-pyrrole nitrogens is 1. The van der Waals surface area contributed by atoms with E-state index in [1.54, 1.807) is 6.07 Å². The predicted octanol–water partition coefficient (Wildman–Crippen LogP) is 1.34. The van der Waals surface area contributed by atoms with Gasteiger partial charge in [-0.05, 0) is 0 Å². The lowest BCUT2D eigenvalue weighted by Gasteiger charge is -2.10. The second kappa shape index (κ2) is 5.38. The van der Waals surface area contributed by atoms with Gasteiger partial charge in [0.15, 0.2) is 5.15 Å². The molecule has 0 atom stereocenters. The highest BCUT2D eigenvalue weighted by Gasteiger charge is 2.15. The Hall–Kier alpha value is -2.28. The minimum Gasteiger partial charge on any atom is -0.497 e. The Morgan fingerprint density at radius 2 is 1.70 bits per heavy atom. The molecule has 0 aliphatic heterocycles. The molecular formula is C12H10ClFN2O4. The molecule has 1 N–H and O–H groups in total. The maximum atomic E-state index is 13.5. The average molecular weight is 301 g/mol. The summed E-state index contributed by atoms with van der Waals surface area (Å²) < 4.78 is 24.2. The van der Waals surface area contributed by atoms with Crippen LogP contribution in [0, 0.1) is 5.82 Å². The molecule has 0 radical (unpaired) electrons. The number of halogens is 2. The van der Waals surface area contributed by atoms with E-state index in [-0.39, 0.29) is 5.69 Å². The number of benzene rings is 1. The molecule has 1 heterocycles. The highest BCUT2D eigenvalue weighted by Crippen LogP contribution is 2.23. The maximum Gasteiger partial charge on any atom is 0.334 e. The van der Waals surface area contributed by atoms with E-state index in [1.807, 2.05) is 4.98 Å². The van der Waals surface area contributed by atoms with Gasteiger partial charge in [-0.15, -0.1) is 0 Å². The summed E-state index contributed by atoms with van der Waals surface area (Å²) in [6.45, 7) is 0. The molecule has 20 heavy (non-hydrogen) atoms. The summed E-state index contributed by atoms with van der Waals surface area (Å²) in [5, 5.41) is -0.633. The van der Waals surface area contributed by atoms with Crippen LogP contribution in [0.3, 0.4) is 0 Å². The van der Waals surface area contributed by atoms with Crippen LogP contribution in [-0.4, -0.2) is 23.8 Å². The van der Waals surface area contributed by atoms with Gasteiger partial charge in [-0.2, -0.15) is 4.39 Å². The fourth-order valence-corrected chi connectivity index (χ4v) is 1.81. The van der Waals surface area contributed by atoms with Gasteiger partial charge >= 0.3 is 5.69 Å². The van der Waals surface area contributed by atoms with Crippen molar-refractivity contribution in [1.29, 1.82) is 0 Å². The van der Waals surface area contributed by atoms with Gasteiger partial charge in [0, 0.05) is 18.2 Å². The van der Waals surface area contributed by atoms with Crippen molar-refractivity contribution in [1.82, 2.24) is 9.55 Å². The lowest BCUT2D eigenvalue weighted by atomic mass is 10.2. The van der Waals surface area contributed by atoms with E-state index in [9.17, 15) is 14.0 Å². The summed E-state index contributed by atoms with van der Waals surface area (Å²) >= 11 is 5.40. The molecule has 0 saturated heterocycles. The van der Waals surface area contributed by atoms with Gasteiger partial charge < -0.3 is 9.47 Å². The van der Waals surface area contributed by atoms with Crippen molar-refractivity contribution >= 4 is 11.6 Å². The van der Waals surface area contributed by atoms with Gasteiger partial charge in [-0.25, -0.2) is 9.36 Å². The van der Waals surface area contributed by atoms with Crippen molar-refractivity contribution in [3.63, 3.8) is 0 Å². The Balaban J connectivity index is 2.78. The molecule has 0 spiro atoms. The van der Waals surface area contributed by atoms with Gasteiger partial charge in [0.2, 0.25) is 5.82 Å². The zero-order valence-corrected chi connectivity index (χ0v) is 11.3. The van der Waals surface area contributed by atoms with Gasteiger partial charge in [0.25, 0.3) is 5.56 Å². The fourth-order valence-electron chi connectivity index (χ4n) is 1.64. The Morgan fingerprint density at radius 3 is 2.20 bits per heavy atom. The van der Waals surface area contributed by atoms with Gasteiger partial charge in [-0.1, -0.05) is 11.6 Å². The lowest BCUT2D eigenvalue weighted by molar-refractivity contribution is 0.394. The van der Waals surface area contributed by atoms with Crippen molar-refractivity contribution < 1.29 is 13.9 Å². The van der Waals surface area contributed by atoms with Crippen molar-refractivity contribution in [2.24, 2.45) is 0 Å². The molecule has 0 aliphatic carbocycles. The van der Waals surface area contributed by atoms with Crippen molar-refractivity contribution in [2.45, 2.75) is 0 Å². The number of nitrogens with one attached hydrogen (secondary N) is 1. The Labute approximate surface area is 117 Å². The average Bonchev–Trinajstić information content (AvgIpc) is 2.44. The molecule has 0 fully saturated rings. The molecular weight excluding hydrogens is 291 g/mol. The Morgan fingerprint density at radius 1 is 1.15 bits per heavy atom. The van der Waals surface area contributed by atoms with Crippen LogP contribution in [0.2, 0.25) is 5.15 Å². The van der Waals surface area contributed by atoms with Crippen molar-refractivity contribution in [3.8, 4) is 17.2 Å². The molecule has 0 aliphatic rings. The van der Waals surface area contributed by atoms with Crippen LogP contribution in [0.5, 0.6) is 11.5 Å². The molecule has 106 valence electrons. The van der Waals surface area contributed by atoms with E-state index >= 15 is 0 Å². The van der Waals surface area contributed by atoms with E-state index in [2.05, 4.69) is 0 Å². The van der Waals surface area contributed by atoms with Crippen molar-refractivity contribution in [2.75, 3.05) is 14.2 Å². The molecule has 1 aromatic heterocycles. The first-order valence-electron chi connectivity index (χ1n) is 5.41. The number of ether oxygens (including phenoxy) is 2. The van der Waals surface area contributed by atoms with E-state index in [4.69, 9.17) is 21.1 Å². The number of hydrogen-bond donors (Lipinski definition) is 1. The molecule has 0 amide bonds. The number of methoxy groups -OCH3 is 2. The minimum absolute atomic E-state index is 0.100. The highest BCUT2D eigenvalue weighted by molar-refractivity contribution is 6.29. The first-order valence-corrected chi connectivity index (χ1v) is 5.79. The monoisotopic (exact) mass is 300 g/mol. The molecule has 0 saturated carbocycles. The normalized spacial score (nSPS) is 10.4. The molecule has 0 unspecified atom stereocenters. The molecule has 8 heteroatoms. The van der Waals surface area contributed by atoms with Crippen molar-refractivity contribution in [3.05, 3.63) is 50.0 Å². The number of hydrogen-bond acceptors (Lipinski definition) is 4. The lowest BCUT2D eigenvalue weighted by Crippen LogP contribution is -2.35. The molecule has 1 aromatic carbocycles. The quantitative estimate of drug-likeness (QED) is 0.868. The van der Waals surface area contributed by atoms with Gasteiger partial charge in [0.1, 0.15) is 11.5 Å². The molecule has 6 nitrogen and oxygen atoms in total. The first kappa shape index (κ1) is 14.1. The third-order valence-corrected chi connectivity index (χ3v) is 2.86. The maximum absolute atomic E-state index is 13.5. The zero-order valence-electron chi connectivity index (χ0n) is 10.6. The molecule has 2 rings (SSSR count). The van der Waals surface area contributed by atoms with Gasteiger partial charge in [-0.3, -0.25) is 9.78 Å². The van der Waals surface area contributed by atoms with E-state index < -0.39 is 22.2 Å². The van der Waals surface area contributed by atoms with E-state index in [0.29, 0.717) is 16.1 Å². The number of rotatable bonds is 3. The number of nitrogens with zero attached hydrogens (tertiary/aromatic N) is 1. The summed E-state index contributed by atoms with van der Waals surface area (Å²) in [6, 6.07) is 4.34. The zero-order chi connectivity index (χ0) is 14.9. The third kappa shape index (κ3) is 2.39. The minimum atomic E-state index is -1.24. The van der Waals surface area contributed by atoms with E-state index in [0.717, 1.165) is 0 Å². The van der Waals surface area contributed by atoms with Crippen LogP contribution in [0.1, 0.15) is 0 Å². The SMILES string of the molecule is COc1cc(OC)cc(-n2c(=O)[nH]c(Cl)c(F)c2=O)c1. The number of aromatic nitrogens is 2. The Bertz CT molecular complexity index is 747. The highest BCUT2D eigenvalue weighted by atomic mass is 35.5. The largest absolute Gasteiger partial charge is 0.497 e. The smallest absolute Gasteiger partial charge is 0.334 e. The third-order valence-electron chi connectivity index (χ3n) is 2.60. The summed E-state index contributed by atoms with van der Waals surface area (Å²) in [4.78, 5) is 25.6. The second-order valence-electron chi connectivity index (χ2n) is 3.77. The standard InChI is InChI=1S/C12H10ClFN2O4/c1-19-7-3-6(4-8(5-7)20-2)16-11(17)9(14)10(13)15-12(16)18/h3-5H,1-2H3,(H,15,18). The summed E-state index contributed by atoms with van der Waals surface area (Å²) in [6.07, 6.45) is 0. The topological polar surface area (TPSA) is 73.3 Å². The van der Waals surface area contributed by atoms with Crippen LogP contribution in [-0.2, 0) is 0 Å². The van der Waals surface area contributed by atoms with Gasteiger partial charge in [0.05, 0.1) is 19.9 Å². The summed E-state index contributed by atoms with van der Waals surface area (Å²) in [5.74, 6) is -0.546. The fraction of sp³-hybridized carbons (Fsp3) is 0.167. The second-order valence-corrected chi connectivity index (χ2v) is 4.15. The van der Waals surface area contributed by atoms with Crippen LogP contribution in [0.25, 0.3) is 5.69 Å². The predicted molar refractivity (Wildman–Crippen MR) is 70.7 cm³/mol. The van der Waals surface area contributed by atoms with Crippen LogP contribution in [0.4, 0.5) is 4.39 Å². The Kier molecular flexibility index (Phi) is 3.80. The van der Waals surface area contributed by atoms with Crippen LogP contribution >= 0.6 is 11.6 Å². The molecule has 0 bridgehead atoms.